The second-order valence-electron chi connectivity index (χ2n) is 5.08. The van der Waals surface area contributed by atoms with Gasteiger partial charge >= 0.3 is 5.97 Å². The summed E-state index contributed by atoms with van der Waals surface area (Å²) in [6, 6.07) is 3.64. The van der Waals surface area contributed by atoms with Crippen LogP contribution in [-0.4, -0.2) is 29.5 Å². The molecule has 2 aromatic rings. The second kappa shape index (κ2) is 6.31. The van der Waals surface area contributed by atoms with Crippen molar-refractivity contribution in [3.63, 3.8) is 0 Å². The third-order valence-corrected chi connectivity index (χ3v) is 4.28. The minimum Gasteiger partial charge on any atom is -0.467 e. The van der Waals surface area contributed by atoms with Crippen LogP contribution < -0.4 is 5.32 Å². The number of hydrogen-bond acceptors (Lipinski definition) is 6. The van der Waals surface area contributed by atoms with Gasteiger partial charge in [0.15, 0.2) is 10.8 Å². The number of aryl methyl sites for hydroxylation is 1. The fourth-order valence-electron chi connectivity index (χ4n) is 1.86. The molecule has 1 amide bonds. The number of aromatic nitrogens is 1. The molecule has 6 nitrogen and oxygen atoms in total. The number of hydrogen-bond donors (Lipinski definition) is 1. The van der Waals surface area contributed by atoms with Crippen LogP contribution in [-0.2, 0) is 9.53 Å². The van der Waals surface area contributed by atoms with Gasteiger partial charge < -0.3 is 14.5 Å². The first-order chi connectivity index (χ1) is 10.4. The van der Waals surface area contributed by atoms with Gasteiger partial charge in [-0.05, 0) is 32.4 Å². The van der Waals surface area contributed by atoms with Crippen LogP contribution in [0.1, 0.15) is 36.5 Å². The van der Waals surface area contributed by atoms with E-state index in [1.54, 1.807) is 25.3 Å². The summed E-state index contributed by atoms with van der Waals surface area (Å²) in [6.45, 7) is 5.27. The van der Waals surface area contributed by atoms with Crippen LogP contribution in [0.4, 0.5) is 0 Å². The largest absolute Gasteiger partial charge is 0.467 e. The summed E-state index contributed by atoms with van der Waals surface area (Å²) in [7, 11) is 1.29. The fraction of sp³-hybridized carbons (Fsp3) is 0.400. The third kappa shape index (κ3) is 3.19. The molecule has 2 heterocycles. The number of carbonyl (C=O) groups excluding carboxylic acids is 2. The molecular formula is C15H18N2O4S. The van der Waals surface area contributed by atoms with Crippen LogP contribution in [0.25, 0.3) is 10.8 Å². The Morgan fingerprint density at radius 1 is 1.45 bits per heavy atom. The lowest BCUT2D eigenvalue weighted by Crippen LogP contribution is -2.52. The average molecular weight is 322 g/mol. The molecule has 0 bridgehead atoms. The van der Waals surface area contributed by atoms with Gasteiger partial charge in [0.1, 0.15) is 17.0 Å². The summed E-state index contributed by atoms with van der Waals surface area (Å²) >= 11 is 1.31. The van der Waals surface area contributed by atoms with Crippen LogP contribution in [0.3, 0.4) is 0 Å². The molecule has 0 saturated carbocycles. The molecular weight excluding hydrogens is 304 g/mol. The van der Waals surface area contributed by atoms with Gasteiger partial charge in [0, 0.05) is 5.38 Å². The minimum absolute atomic E-state index is 0.248. The number of amides is 1. The summed E-state index contributed by atoms with van der Waals surface area (Å²) in [4.78, 5) is 28.3. The van der Waals surface area contributed by atoms with E-state index in [1.807, 2.05) is 13.0 Å². The zero-order chi connectivity index (χ0) is 16.3. The monoisotopic (exact) mass is 322 g/mol. The predicted molar refractivity (Wildman–Crippen MR) is 82.7 cm³/mol. The normalized spacial score (nSPS) is 13.5. The van der Waals surface area contributed by atoms with E-state index in [0.29, 0.717) is 17.2 Å². The Hall–Kier alpha value is -2.15. The van der Waals surface area contributed by atoms with Gasteiger partial charge in [-0.25, -0.2) is 9.78 Å². The maximum absolute atomic E-state index is 12.3. The van der Waals surface area contributed by atoms with Crippen molar-refractivity contribution in [1.29, 1.82) is 0 Å². The number of rotatable bonds is 5. The Kier molecular flexibility index (Phi) is 4.65. The van der Waals surface area contributed by atoms with E-state index < -0.39 is 17.4 Å². The number of thiazole rings is 1. The van der Waals surface area contributed by atoms with Crippen LogP contribution in [0, 0.1) is 6.92 Å². The van der Waals surface area contributed by atoms with Crippen molar-refractivity contribution in [1.82, 2.24) is 10.3 Å². The maximum Gasteiger partial charge on any atom is 0.331 e. The Morgan fingerprint density at radius 2 is 2.18 bits per heavy atom. The van der Waals surface area contributed by atoms with Crippen molar-refractivity contribution < 1.29 is 18.7 Å². The molecule has 22 heavy (non-hydrogen) atoms. The van der Waals surface area contributed by atoms with Crippen molar-refractivity contribution in [3.8, 4) is 10.8 Å². The smallest absolute Gasteiger partial charge is 0.331 e. The zero-order valence-corrected chi connectivity index (χ0v) is 13.7. The fourth-order valence-corrected chi connectivity index (χ4v) is 2.62. The molecule has 0 aliphatic carbocycles. The molecule has 1 N–H and O–H groups in total. The first-order valence-electron chi connectivity index (χ1n) is 6.83. The molecule has 2 rings (SSSR count). The topological polar surface area (TPSA) is 81.4 Å². The van der Waals surface area contributed by atoms with Crippen LogP contribution >= 0.6 is 11.3 Å². The van der Waals surface area contributed by atoms with E-state index >= 15 is 0 Å². The Bertz CT molecular complexity index is 691. The molecule has 0 aliphatic heterocycles. The molecule has 0 unspecified atom stereocenters. The number of esters is 1. The Balaban J connectivity index is 2.17. The van der Waals surface area contributed by atoms with Gasteiger partial charge in [-0.15, -0.1) is 11.3 Å². The summed E-state index contributed by atoms with van der Waals surface area (Å²) < 4.78 is 10.2. The van der Waals surface area contributed by atoms with E-state index in [9.17, 15) is 9.59 Å². The Morgan fingerprint density at radius 3 is 2.73 bits per heavy atom. The first kappa shape index (κ1) is 16.2. The quantitative estimate of drug-likeness (QED) is 0.856. The lowest BCUT2D eigenvalue weighted by Gasteiger charge is -2.25. The van der Waals surface area contributed by atoms with E-state index in [2.05, 4.69) is 10.3 Å². The summed E-state index contributed by atoms with van der Waals surface area (Å²) in [6.07, 6.45) is 0.416. The molecule has 0 aliphatic rings. The number of nitrogens with one attached hydrogen (secondary N) is 1. The highest BCUT2D eigenvalue weighted by molar-refractivity contribution is 7.13. The van der Waals surface area contributed by atoms with Crippen molar-refractivity contribution in [2.75, 3.05) is 7.11 Å². The summed E-state index contributed by atoms with van der Waals surface area (Å²) in [5.41, 5.74) is -0.825. The van der Waals surface area contributed by atoms with Crippen LogP contribution in [0.15, 0.2) is 21.9 Å². The zero-order valence-electron chi connectivity index (χ0n) is 12.9. The highest BCUT2D eigenvalue weighted by Crippen LogP contribution is 2.25. The number of nitrogens with zero attached hydrogens (tertiary/aromatic N) is 1. The van der Waals surface area contributed by atoms with Gasteiger partial charge in [-0.1, -0.05) is 6.92 Å². The number of carbonyl (C=O) groups is 2. The SMILES string of the molecule is CC[C@](C)(NC(=O)c1csc(-c2ccc(C)o2)n1)C(=O)OC. The van der Waals surface area contributed by atoms with Crippen LogP contribution in [0.5, 0.6) is 0 Å². The minimum atomic E-state index is -1.07. The average Bonchev–Trinajstić information content (AvgIpc) is 3.14. The van der Waals surface area contributed by atoms with Gasteiger partial charge in [0.05, 0.1) is 7.11 Å². The lowest BCUT2D eigenvalue weighted by atomic mass is 9.99. The van der Waals surface area contributed by atoms with Crippen molar-refractivity contribution in [2.45, 2.75) is 32.7 Å². The van der Waals surface area contributed by atoms with E-state index in [0.717, 1.165) is 5.76 Å². The first-order valence-corrected chi connectivity index (χ1v) is 7.71. The van der Waals surface area contributed by atoms with Crippen molar-refractivity contribution >= 4 is 23.2 Å². The predicted octanol–water partition coefficient (Wildman–Crippen LogP) is 2.78. The molecule has 0 saturated heterocycles. The standard InChI is InChI=1S/C15H18N2O4S/c1-5-15(3,14(19)20-4)17-12(18)10-8-22-13(16-10)11-7-6-9(2)21-11/h6-8H,5H2,1-4H3,(H,17,18)/t15-/m0/s1. The summed E-state index contributed by atoms with van der Waals surface area (Å²) in [5.74, 6) is 0.495. The molecule has 1 atom stereocenters. The second-order valence-corrected chi connectivity index (χ2v) is 5.94. The third-order valence-electron chi connectivity index (χ3n) is 3.42. The highest BCUT2D eigenvalue weighted by atomic mass is 32.1. The number of furan rings is 1. The molecule has 7 heteroatoms. The van der Waals surface area contributed by atoms with Gasteiger partial charge in [0.25, 0.3) is 5.91 Å². The lowest BCUT2D eigenvalue weighted by molar-refractivity contribution is -0.147. The molecule has 0 fully saturated rings. The van der Waals surface area contributed by atoms with E-state index in [-0.39, 0.29) is 5.69 Å². The van der Waals surface area contributed by atoms with Gasteiger partial charge in [-0.2, -0.15) is 0 Å². The number of ether oxygens (including phenoxy) is 1. The number of methoxy groups -OCH3 is 1. The van der Waals surface area contributed by atoms with Crippen LogP contribution in [0.2, 0.25) is 0 Å². The molecule has 0 aromatic carbocycles. The van der Waals surface area contributed by atoms with Crippen molar-refractivity contribution in [3.05, 3.63) is 29.0 Å². The van der Waals surface area contributed by atoms with Crippen molar-refractivity contribution in [2.24, 2.45) is 0 Å². The molecule has 2 aromatic heterocycles. The molecule has 0 radical (unpaired) electrons. The van der Waals surface area contributed by atoms with Gasteiger partial charge in [0.2, 0.25) is 0 Å². The highest BCUT2D eigenvalue weighted by Gasteiger charge is 2.35. The van der Waals surface area contributed by atoms with Gasteiger partial charge in [-0.3, -0.25) is 4.79 Å². The Labute approximate surface area is 132 Å². The summed E-state index contributed by atoms with van der Waals surface area (Å²) in [5, 5.41) is 4.93. The molecule has 0 spiro atoms. The molecule has 118 valence electrons. The maximum atomic E-state index is 12.3. The van der Waals surface area contributed by atoms with E-state index in [4.69, 9.17) is 9.15 Å². The van der Waals surface area contributed by atoms with E-state index in [1.165, 1.54) is 18.4 Å².